The van der Waals surface area contributed by atoms with Crippen LogP contribution >= 0.6 is 23.2 Å². The average Bonchev–Trinajstić information content (AvgIpc) is 2.82. The third-order valence-electron chi connectivity index (χ3n) is 3.73. The summed E-state index contributed by atoms with van der Waals surface area (Å²) < 4.78 is 0. The van der Waals surface area contributed by atoms with E-state index in [4.69, 9.17) is 23.2 Å². The van der Waals surface area contributed by atoms with Gasteiger partial charge in [0.1, 0.15) is 0 Å². The molecule has 1 aliphatic rings. The Hall–Kier alpha value is -0.280. The minimum Gasteiger partial charge on any atom is -0.315 e. The summed E-state index contributed by atoms with van der Waals surface area (Å²) in [6.45, 7) is 6.35. The Labute approximate surface area is 126 Å². The zero-order valence-corrected chi connectivity index (χ0v) is 13.0. The highest BCUT2D eigenvalue weighted by Crippen LogP contribution is 2.28. The molecule has 0 amide bonds. The minimum absolute atomic E-state index is 0.610. The third-order valence-corrected chi connectivity index (χ3v) is 4.44. The summed E-state index contributed by atoms with van der Waals surface area (Å²) in [7, 11) is 0. The van der Waals surface area contributed by atoms with Crippen LogP contribution in [0.25, 0.3) is 0 Å². The molecule has 2 rings (SSSR count). The van der Waals surface area contributed by atoms with Gasteiger partial charge in [0.2, 0.25) is 0 Å². The van der Waals surface area contributed by atoms with Gasteiger partial charge < -0.3 is 5.32 Å². The van der Waals surface area contributed by atoms with Gasteiger partial charge in [-0.05, 0) is 44.5 Å². The van der Waals surface area contributed by atoms with Crippen LogP contribution in [0.15, 0.2) is 18.2 Å². The monoisotopic (exact) mass is 300 g/mol. The standard InChI is InChI=1S/C15H22Cl2N2/c1-2-8-18-10-12-5-4-9-19(12)11-13-14(16)6-3-7-15(13)17/h3,6-7,12,18H,2,4-5,8-11H2,1H3. The van der Waals surface area contributed by atoms with Crippen molar-refractivity contribution in [3.8, 4) is 0 Å². The highest BCUT2D eigenvalue weighted by atomic mass is 35.5. The molecule has 1 fully saturated rings. The second kappa shape index (κ2) is 7.49. The second-order valence-electron chi connectivity index (χ2n) is 5.17. The third kappa shape index (κ3) is 4.09. The van der Waals surface area contributed by atoms with E-state index in [0.29, 0.717) is 6.04 Å². The molecule has 4 heteroatoms. The number of likely N-dealkylation sites (tertiary alicyclic amines) is 1. The Morgan fingerprint density at radius 1 is 1.32 bits per heavy atom. The molecule has 1 heterocycles. The molecule has 106 valence electrons. The molecule has 1 N–H and O–H groups in total. The van der Waals surface area contributed by atoms with Gasteiger partial charge in [0.15, 0.2) is 0 Å². The van der Waals surface area contributed by atoms with Crippen LogP contribution in [0.3, 0.4) is 0 Å². The van der Waals surface area contributed by atoms with Gasteiger partial charge in [-0.2, -0.15) is 0 Å². The van der Waals surface area contributed by atoms with Gasteiger partial charge in [-0.1, -0.05) is 36.2 Å². The normalized spacial score (nSPS) is 20.1. The van der Waals surface area contributed by atoms with Crippen LogP contribution in [0.4, 0.5) is 0 Å². The van der Waals surface area contributed by atoms with Crippen LogP contribution in [-0.4, -0.2) is 30.6 Å². The fourth-order valence-corrected chi connectivity index (χ4v) is 3.18. The van der Waals surface area contributed by atoms with Crippen LogP contribution < -0.4 is 5.32 Å². The lowest BCUT2D eigenvalue weighted by Crippen LogP contribution is -2.37. The zero-order valence-electron chi connectivity index (χ0n) is 11.5. The predicted octanol–water partition coefficient (Wildman–Crippen LogP) is 3.96. The summed E-state index contributed by atoms with van der Waals surface area (Å²) in [5.74, 6) is 0. The van der Waals surface area contributed by atoms with Gasteiger partial charge in [0, 0.05) is 34.7 Å². The molecule has 1 aromatic rings. The van der Waals surface area contributed by atoms with Crippen molar-refractivity contribution in [3.05, 3.63) is 33.8 Å². The smallest absolute Gasteiger partial charge is 0.0465 e. The first-order valence-corrected chi connectivity index (χ1v) is 7.85. The topological polar surface area (TPSA) is 15.3 Å². The Morgan fingerprint density at radius 2 is 2.05 bits per heavy atom. The molecule has 1 aromatic carbocycles. The molecular weight excluding hydrogens is 279 g/mol. The largest absolute Gasteiger partial charge is 0.315 e. The van der Waals surface area contributed by atoms with E-state index in [1.807, 2.05) is 18.2 Å². The van der Waals surface area contributed by atoms with Gasteiger partial charge in [-0.15, -0.1) is 0 Å². The second-order valence-corrected chi connectivity index (χ2v) is 5.99. The first kappa shape index (κ1) is 15.1. The first-order valence-electron chi connectivity index (χ1n) is 7.10. The number of halogens is 2. The lowest BCUT2D eigenvalue weighted by atomic mass is 10.1. The molecule has 0 spiro atoms. The van der Waals surface area contributed by atoms with E-state index in [1.165, 1.54) is 19.3 Å². The van der Waals surface area contributed by atoms with Gasteiger partial charge >= 0.3 is 0 Å². The highest BCUT2D eigenvalue weighted by Gasteiger charge is 2.25. The maximum atomic E-state index is 6.26. The van der Waals surface area contributed by atoms with Crippen molar-refractivity contribution < 1.29 is 0 Å². The molecule has 0 bridgehead atoms. The van der Waals surface area contributed by atoms with Gasteiger partial charge in [-0.25, -0.2) is 0 Å². The van der Waals surface area contributed by atoms with Crippen molar-refractivity contribution in [3.63, 3.8) is 0 Å². The van der Waals surface area contributed by atoms with Crippen molar-refractivity contribution in [2.45, 2.75) is 38.8 Å². The summed E-state index contributed by atoms with van der Waals surface area (Å²) in [6.07, 6.45) is 3.71. The SMILES string of the molecule is CCCNCC1CCCN1Cc1c(Cl)cccc1Cl. The van der Waals surface area contributed by atoms with E-state index in [0.717, 1.165) is 41.8 Å². The van der Waals surface area contributed by atoms with E-state index >= 15 is 0 Å². The molecule has 0 aliphatic carbocycles. The number of hydrogen-bond acceptors (Lipinski definition) is 2. The van der Waals surface area contributed by atoms with Gasteiger partial charge in [0.05, 0.1) is 0 Å². The van der Waals surface area contributed by atoms with Gasteiger partial charge in [-0.3, -0.25) is 4.90 Å². The average molecular weight is 301 g/mol. The van der Waals surface area contributed by atoms with Crippen molar-refractivity contribution in [1.29, 1.82) is 0 Å². The number of hydrogen-bond donors (Lipinski definition) is 1. The van der Waals surface area contributed by atoms with E-state index < -0.39 is 0 Å². The van der Waals surface area contributed by atoms with E-state index in [1.54, 1.807) is 0 Å². The molecule has 0 saturated carbocycles. The number of benzene rings is 1. The molecule has 2 nitrogen and oxygen atoms in total. The van der Waals surface area contributed by atoms with Crippen LogP contribution in [0.1, 0.15) is 31.7 Å². The van der Waals surface area contributed by atoms with Crippen molar-refractivity contribution in [2.75, 3.05) is 19.6 Å². The lowest BCUT2D eigenvalue weighted by Gasteiger charge is -2.25. The summed E-state index contributed by atoms with van der Waals surface area (Å²) >= 11 is 12.5. The molecular formula is C15H22Cl2N2. The van der Waals surface area contributed by atoms with Gasteiger partial charge in [0.25, 0.3) is 0 Å². The number of nitrogens with one attached hydrogen (secondary N) is 1. The molecule has 0 aromatic heterocycles. The first-order chi connectivity index (χ1) is 9.22. The lowest BCUT2D eigenvalue weighted by molar-refractivity contribution is 0.239. The van der Waals surface area contributed by atoms with E-state index in [-0.39, 0.29) is 0 Å². The molecule has 1 atom stereocenters. The Morgan fingerprint density at radius 3 is 2.74 bits per heavy atom. The summed E-state index contributed by atoms with van der Waals surface area (Å²) in [5, 5.41) is 5.07. The predicted molar refractivity (Wildman–Crippen MR) is 83.1 cm³/mol. The molecule has 1 unspecified atom stereocenters. The molecule has 19 heavy (non-hydrogen) atoms. The Bertz CT molecular complexity index is 389. The Kier molecular flexibility index (Phi) is 5.96. The van der Waals surface area contributed by atoms with Crippen molar-refractivity contribution in [2.24, 2.45) is 0 Å². The molecule has 1 aliphatic heterocycles. The fourth-order valence-electron chi connectivity index (χ4n) is 2.67. The van der Waals surface area contributed by atoms with Crippen LogP contribution in [-0.2, 0) is 6.54 Å². The minimum atomic E-state index is 0.610. The van der Waals surface area contributed by atoms with Crippen LogP contribution in [0.2, 0.25) is 10.0 Å². The summed E-state index contributed by atoms with van der Waals surface area (Å²) in [4.78, 5) is 2.50. The maximum absolute atomic E-state index is 6.26. The number of rotatable bonds is 6. The van der Waals surface area contributed by atoms with Crippen LogP contribution in [0, 0.1) is 0 Å². The molecule has 1 saturated heterocycles. The summed E-state index contributed by atoms with van der Waals surface area (Å²) in [5.41, 5.74) is 1.06. The van der Waals surface area contributed by atoms with E-state index in [2.05, 4.69) is 17.1 Å². The fraction of sp³-hybridized carbons (Fsp3) is 0.600. The van der Waals surface area contributed by atoms with Crippen molar-refractivity contribution >= 4 is 23.2 Å². The number of nitrogens with zero attached hydrogens (tertiary/aromatic N) is 1. The van der Waals surface area contributed by atoms with Crippen molar-refractivity contribution in [1.82, 2.24) is 10.2 Å². The quantitative estimate of drug-likeness (QED) is 0.800. The molecule has 0 radical (unpaired) electrons. The van der Waals surface area contributed by atoms with E-state index in [9.17, 15) is 0 Å². The summed E-state index contributed by atoms with van der Waals surface area (Å²) in [6, 6.07) is 6.35. The highest BCUT2D eigenvalue weighted by molar-refractivity contribution is 6.35. The van der Waals surface area contributed by atoms with Crippen LogP contribution in [0.5, 0.6) is 0 Å². The maximum Gasteiger partial charge on any atom is 0.0465 e. The Balaban J connectivity index is 1.97. The zero-order chi connectivity index (χ0) is 13.7.